The van der Waals surface area contributed by atoms with E-state index in [-0.39, 0.29) is 11.9 Å². The highest BCUT2D eigenvalue weighted by Gasteiger charge is 2.30. The zero-order valence-electron chi connectivity index (χ0n) is 16.4. The predicted octanol–water partition coefficient (Wildman–Crippen LogP) is 1.53. The van der Waals surface area contributed by atoms with Gasteiger partial charge in [-0.25, -0.2) is 0 Å². The molecule has 1 aliphatic rings. The van der Waals surface area contributed by atoms with E-state index in [1.54, 1.807) is 4.90 Å². The smallest absolute Gasteiger partial charge is 0.239 e. The Morgan fingerprint density at radius 1 is 1.33 bits per heavy atom. The molecule has 1 rings (SSSR count). The molecule has 0 spiro atoms. The summed E-state index contributed by atoms with van der Waals surface area (Å²) in [6.45, 7) is 12.3. The van der Waals surface area contributed by atoms with Crippen molar-refractivity contribution in [3.63, 3.8) is 0 Å². The number of carbonyl (C=O) groups is 1. The molecule has 0 aromatic heterocycles. The maximum atomic E-state index is 12.2. The van der Waals surface area contributed by atoms with E-state index in [1.165, 1.54) is 0 Å². The van der Waals surface area contributed by atoms with Gasteiger partial charge >= 0.3 is 0 Å². The van der Waals surface area contributed by atoms with E-state index < -0.39 is 0 Å². The third-order valence-electron chi connectivity index (χ3n) is 4.67. The van der Waals surface area contributed by atoms with Gasteiger partial charge in [0.2, 0.25) is 5.91 Å². The number of nitrogens with zero attached hydrogens (tertiary/aromatic N) is 3. The van der Waals surface area contributed by atoms with Gasteiger partial charge in [-0.2, -0.15) is 0 Å². The summed E-state index contributed by atoms with van der Waals surface area (Å²) in [5.41, 5.74) is 0. The van der Waals surface area contributed by atoms with Crippen LogP contribution in [0, 0.1) is 5.92 Å². The van der Waals surface area contributed by atoms with Crippen LogP contribution < -0.4 is 10.6 Å². The van der Waals surface area contributed by atoms with E-state index in [4.69, 9.17) is 0 Å². The zero-order chi connectivity index (χ0) is 18.1. The molecule has 6 heteroatoms. The molecule has 0 aromatic carbocycles. The quantitative estimate of drug-likeness (QED) is 0.400. The number of carbonyl (C=O) groups excluding carboxylic acids is 1. The van der Waals surface area contributed by atoms with Crippen molar-refractivity contribution < 1.29 is 4.79 Å². The highest BCUT2D eigenvalue weighted by molar-refractivity contribution is 5.81. The lowest BCUT2D eigenvalue weighted by Gasteiger charge is -2.25. The van der Waals surface area contributed by atoms with Crippen molar-refractivity contribution in [2.24, 2.45) is 10.9 Å². The van der Waals surface area contributed by atoms with E-state index in [0.717, 1.165) is 51.4 Å². The monoisotopic (exact) mass is 339 g/mol. The van der Waals surface area contributed by atoms with Crippen LogP contribution in [0.4, 0.5) is 0 Å². The molecule has 0 radical (unpaired) electrons. The number of hydrogen-bond acceptors (Lipinski definition) is 3. The highest BCUT2D eigenvalue weighted by Crippen LogP contribution is 2.18. The summed E-state index contributed by atoms with van der Waals surface area (Å²) in [4.78, 5) is 20.9. The number of guanidine groups is 1. The topological polar surface area (TPSA) is 60.0 Å². The van der Waals surface area contributed by atoms with Crippen molar-refractivity contribution in [1.29, 1.82) is 0 Å². The fourth-order valence-corrected chi connectivity index (χ4v) is 2.84. The first kappa shape index (κ1) is 20.7. The maximum absolute atomic E-state index is 12.2. The molecule has 140 valence electrons. The van der Waals surface area contributed by atoms with E-state index in [1.807, 2.05) is 14.1 Å². The molecule has 1 amide bonds. The number of rotatable bonds is 8. The normalized spacial score (nSPS) is 20.3. The van der Waals surface area contributed by atoms with E-state index >= 15 is 0 Å². The van der Waals surface area contributed by atoms with Gasteiger partial charge in [0.15, 0.2) is 5.96 Å². The van der Waals surface area contributed by atoms with Crippen LogP contribution in [0.1, 0.15) is 47.0 Å². The van der Waals surface area contributed by atoms with E-state index in [0.29, 0.717) is 12.0 Å². The van der Waals surface area contributed by atoms with Crippen LogP contribution in [-0.2, 0) is 4.79 Å². The van der Waals surface area contributed by atoms with Crippen LogP contribution in [0.5, 0.6) is 0 Å². The van der Waals surface area contributed by atoms with Crippen LogP contribution in [-0.4, -0.2) is 74.0 Å². The molecule has 2 unspecified atom stereocenters. The summed E-state index contributed by atoms with van der Waals surface area (Å²) in [5.74, 6) is 1.69. The number of amides is 1. The molecule has 0 bridgehead atoms. The molecule has 2 atom stereocenters. The number of likely N-dealkylation sites (N-methyl/N-ethyl adjacent to an activating group) is 1. The van der Waals surface area contributed by atoms with Crippen molar-refractivity contribution in [2.45, 2.75) is 59.0 Å². The van der Waals surface area contributed by atoms with Gasteiger partial charge < -0.3 is 15.5 Å². The van der Waals surface area contributed by atoms with Gasteiger partial charge in [-0.05, 0) is 45.6 Å². The van der Waals surface area contributed by atoms with E-state index in [2.05, 4.69) is 48.2 Å². The minimum atomic E-state index is 0.0660. The summed E-state index contributed by atoms with van der Waals surface area (Å²) in [5, 5.41) is 6.76. The molecular weight excluding hydrogens is 302 g/mol. The first-order valence-electron chi connectivity index (χ1n) is 9.36. The summed E-state index contributed by atoms with van der Waals surface area (Å²) in [7, 11) is 3.68. The zero-order valence-corrected chi connectivity index (χ0v) is 16.4. The van der Waals surface area contributed by atoms with Crippen molar-refractivity contribution in [3.05, 3.63) is 0 Å². The van der Waals surface area contributed by atoms with Crippen molar-refractivity contribution in [2.75, 3.05) is 40.3 Å². The molecule has 0 aromatic rings. The van der Waals surface area contributed by atoms with Gasteiger partial charge in [0.05, 0.1) is 6.04 Å². The van der Waals surface area contributed by atoms with Crippen LogP contribution in [0.15, 0.2) is 4.99 Å². The van der Waals surface area contributed by atoms with Gasteiger partial charge in [0.25, 0.3) is 0 Å². The first-order valence-corrected chi connectivity index (χ1v) is 9.36. The van der Waals surface area contributed by atoms with Gasteiger partial charge in [0.1, 0.15) is 0 Å². The Hall–Kier alpha value is -1.30. The summed E-state index contributed by atoms with van der Waals surface area (Å²) in [6, 6.07) is 0.458. The summed E-state index contributed by atoms with van der Waals surface area (Å²) < 4.78 is 0. The molecule has 1 saturated heterocycles. The number of nitrogens with one attached hydrogen (secondary N) is 2. The predicted molar refractivity (Wildman–Crippen MR) is 101 cm³/mol. The average Bonchev–Trinajstić information content (AvgIpc) is 2.98. The molecule has 1 heterocycles. The Bertz CT molecular complexity index is 408. The Balaban J connectivity index is 2.44. The summed E-state index contributed by atoms with van der Waals surface area (Å²) in [6.07, 6.45) is 3.07. The number of hydrogen-bond donors (Lipinski definition) is 2. The van der Waals surface area contributed by atoms with Crippen molar-refractivity contribution >= 4 is 11.9 Å². The Morgan fingerprint density at radius 3 is 2.62 bits per heavy atom. The second-order valence-corrected chi connectivity index (χ2v) is 7.22. The molecular formula is C18H37N5O. The second-order valence-electron chi connectivity index (χ2n) is 7.22. The summed E-state index contributed by atoms with van der Waals surface area (Å²) >= 11 is 0. The Labute approximate surface area is 148 Å². The molecule has 0 saturated carbocycles. The molecule has 1 fully saturated rings. The van der Waals surface area contributed by atoms with Crippen LogP contribution in [0.2, 0.25) is 0 Å². The van der Waals surface area contributed by atoms with Gasteiger partial charge in [-0.1, -0.05) is 13.8 Å². The molecule has 1 aliphatic heterocycles. The SMILES string of the molecule is CCNC(=NCCCN1CCCC1C(=O)N(C)C)NC(C)C(C)C. The molecule has 0 aliphatic carbocycles. The standard InChI is InChI=1S/C18H37N5O/c1-7-19-18(21-15(4)14(2)3)20-11-9-13-23-12-8-10-16(23)17(24)22(5)6/h14-16H,7-13H2,1-6H3,(H2,19,20,21). The van der Waals surface area contributed by atoms with E-state index in [9.17, 15) is 4.79 Å². The third-order valence-corrected chi connectivity index (χ3v) is 4.67. The minimum Gasteiger partial charge on any atom is -0.357 e. The fraction of sp³-hybridized carbons (Fsp3) is 0.889. The number of aliphatic imine (C=N–C) groups is 1. The Morgan fingerprint density at radius 2 is 2.04 bits per heavy atom. The third kappa shape index (κ3) is 6.67. The lowest BCUT2D eigenvalue weighted by atomic mass is 10.1. The van der Waals surface area contributed by atoms with Crippen molar-refractivity contribution in [1.82, 2.24) is 20.4 Å². The van der Waals surface area contributed by atoms with Gasteiger partial charge in [-0.3, -0.25) is 14.7 Å². The largest absolute Gasteiger partial charge is 0.357 e. The lowest BCUT2D eigenvalue weighted by molar-refractivity contribution is -0.133. The van der Waals surface area contributed by atoms with Crippen molar-refractivity contribution in [3.8, 4) is 0 Å². The minimum absolute atomic E-state index is 0.0660. The average molecular weight is 340 g/mol. The van der Waals surface area contributed by atoms with Gasteiger partial charge in [0, 0.05) is 39.8 Å². The van der Waals surface area contributed by atoms with Gasteiger partial charge in [-0.15, -0.1) is 0 Å². The first-order chi connectivity index (χ1) is 11.4. The lowest BCUT2D eigenvalue weighted by Crippen LogP contribution is -2.44. The van der Waals surface area contributed by atoms with Crippen LogP contribution in [0.3, 0.4) is 0 Å². The maximum Gasteiger partial charge on any atom is 0.239 e. The Kier molecular flexibility index (Phi) is 9.11. The highest BCUT2D eigenvalue weighted by atomic mass is 16.2. The number of likely N-dealkylation sites (tertiary alicyclic amines) is 1. The molecule has 6 nitrogen and oxygen atoms in total. The second kappa shape index (κ2) is 10.5. The molecule has 2 N–H and O–H groups in total. The van der Waals surface area contributed by atoms with Crippen LogP contribution >= 0.6 is 0 Å². The fourth-order valence-electron chi connectivity index (χ4n) is 2.84. The molecule has 24 heavy (non-hydrogen) atoms. The van der Waals surface area contributed by atoms with Crippen LogP contribution in [0.25, 0.3) is 0 Å².